The molecule has 1 unspecified atom stereocenters. The largest absolute Gasteiger partial charge is 0.480 e. The number of amides is 2. The van der Waals surface area contributed by atoms with Gasteiger partial charge < -0.3 is 14.9 Å². The third-order valence-corrected chi connectivity index (χ3v) is 4.90. The normalized spacial score (nSPS) is 21.7. The van der Waals surface area contributed by atoms with Crippen molar-refractivity contribution in [1.82, 2.24) is 14.7 Å². The number of carbonyl (C=O) groups is 3. The molecule has 7 nitrogen and oxygen atoms in total. The molecule has 2 aliphatic rings. The first-order chi connectivity index (χ1) is 9.99. The van der Waals surface area contributed by atoms with Crippen LogP contribution in [0.15, 0.2) is 0 Å². The van der Waals surface area contributed by atoms with E-state index in [0.717, 1.165) is 12.3 Å². The van der Waals surface area contributed by atoms with Crippen molar-refractivity contribution in [2.45, 2.75) is 19.4 Å². The Morgan fingerprint density at radius 3 is 2.43 bits per heavy atom. The maximum atomic E-state index is 12.1. The van der Waals surface area contributed by atoms with Gasteiger partial charge in [-0.15, -0.1) is 0 Å². The molecule has 21 heavy (non-hydrogen) atoms. The van der Waals surface area contributed by atoms with Gasteiger partial charge >= 0.3 is 5.97 Å². The zero-order chi connectivity index (χ0) is 15.4. The summed E-state index contributed by atoms with van der Waals surface area (Å²) >= 11 is 1.30. The lowest BCUT2D eigenvalue weighted by Crippen LogP contribution is -2.53. The average molecular weight is 315 g/mol. The third-order valence-electron chi connectivity index (χ3n) is 4.01. The molecule has 0 radical (unpaired) electrons. The highest BCUT2D eigenvalue weighted by Gasteiger charge is 2.28. The number of aliphatic carboxylic acids is 1. The lowest BCUT2D eigenvalue weighted by atomic mass is 10.2. The van der Waals surface area contributed by atoms with Crippen molar-refractivity contribution in [2.24, 2.45) is 0 Å². The summed E-state index contributed by atoms with van der Waals surface area (Å²) in [6, 6.07) is -0.513. The molecular formula is C13H21N3O4S. The first-order valence-corrected chi connectivity index (χ1v) is 8.14. The number of thioether (sulfide) groups is 1. The van der Waals surface area contributed by atoms with E-state index < -0.39 is 12.0 Å². The second kappa shape index (κ2) is 7.13. The maximum Gasteiger partial charge on any atom is 0.320 e. The van der Waals surface area contributed by atoms with Crippen molar-refractivity contribution in [3.8, 4) is 0 Å². The second-order valence-corrected chi connectivity index (χ2v) is 6.33. The molecule has 2 saturated heterocycles. The van der Waals surface area contributed by atoms with Gasteiger partial charge in [0.15, 0.2) is 0 Å². The van der Waals surface area contributed by atoms with E-state index in [0.29, 0.717) is 39.1 Å². The first kappa shape index (κ1) is 16.1. The molecule has 0 spiro atoms. The zero-order valence-corrected chi connectivity index (χ0v) is 13.0. The second-order valence-electron chi connectivity index (χ2n) is 5.28. The predicted octanol–water partition coefficient (Wildman–Crippen LogP) is 0.163. The Bertz CT molecular complexity index is 424. The van der Waals surface area contributed by atoms with Crippen LogP contribution >= 0.6 is 11.8 Å². The Kier molecular flexibility index (Phi) is 5.46. The van der Waals surface area contributed by atoms with Gasteiger partial charge in [0.2, 0.25) is 5.91 Å². The summed E-state index contributed by atoms with van der Waals surface area (Å²) in [6.45, 7) is 5.14. The summed E-state index contributed by atoms with van der Waals surface area (Å²) in [5, 5.41) is 9.04. The van der Waals surface area contributed by atoms with E-state index >= 15 is 0 Å². The van der Waals surface area contributed by atoms with Crippen molar-refractivity contribution in [2.75, 3.05) is 45.0 Å². The van der Waals surface area contributed by atoms with E-state index in [4.69, 9.17) is 5.11 Å². The fourth-order valence-electron chi connectivity index (χ4n) is 2.53. The van der Waals surface area contributed by atoms with E-state index in [-0.39, 0.29) is 11.1 Å². The number of nitrogens with zero attached hydrogens (tertiary/aromatic N) is 3. The highest BCUT2D eigenvalue weighted by molar-refractivity contribution is 8.13. The van der Waals surface area contributed by atoms with Crippen molar-refractivity contribution < 1.29 is 19.5 Å². The highest BCUT2D eigenvalue weighted by Crippen LogP contribution is 2.17. The van der Waals surface area contributed by atoms with E-state index in [1.807, 2.05) is 4.90 Å². The number of rotatable bonds is 5. The molecule has 118 valence electrons. The SMILES string of the molecule is CC(C(=O)O)N1CCN(C(=O)CCN2CCSC2=O)CC1. The number of carbonyl (C=O) groups excluding carboxylic acids is 2. The number of hydrogen-bond donors (Lipinski definition) is 1. The standard InChI is InChI=1S/C13H21N3O4S/c1-10(12(18)19)14-4-6-15(7-5-14)11(17)2-3-16-8-9-21-13(16)20/h10H,2-9H2,1H3,(H,18,19). The van der Waals surface area contributed by atoms with Crippen molar-refractivity contribution in [3.05, 3.63) is 0 Å². The summed E-state index contributed by atoms with van der Waals surface area (Å²) in [7, 11) is 0. The first-order valence-electron chi connectivity index (χ1n) is 7.15. The van der Waals surface area contributed by atoms with Gasteiger partial charge in [-0.3, -0.25) is 19.3 Å². The molecule has 2 heterocycles. The minimum absolute atomic E-state index is 0.0438. The molecule has 1 N–H and O–H groups in total. The minimum Gasteiger partial charge on any atom is -0.480 e. The van der Waals surface area contributed by atoms with Gasteiger partial charge in [-0.2, -0.15) is 0 Å². The topological polar surface area (TPSA) is 81.2 Å². The van der Waals surface area contributed by atoms with Crippen LogP contribution in [0, 0.1) is 0 Å². The van der Waals surface area contributed by atoms with Crippen LogP contribution < -0.4 is 0 Å². The average Bonchev–Trinajstić information content (AvgIpc) is 2.89. The molecule has 0 aromatic heterocycles. The van der Waals surface area contributed by atoms with Gasteiger partial charge in [0.1, 0.15) is 6.04 Å². The summed E-state index contributed by atoms with van der Waals surface area (Å²) in [5.74, 6) is 0.0147. The molecule has 2 amide bonds. The quantitative estimate of drug-likeness (QED) is 0.778. The summed E-state index contributed by atoms with van der Waals surface area (Å²) < 4.78 is 0. The molecule has 0 aliphatic carbocycles. The fraction of sp³-hybridized carbons (Fsp3) is 0.769. The van der Waals surface area contributed by atoms with Crippen LogP contribution in [-0.2, 0) is 9.59 Å². The lowest BCUT2D eigenvalue weighted by molar-refractivity contribution is -0.144. The lowest BCUT2D eigenvalue weighted by Gasteiger charge is -2.36. The van der Waals surface area contributed by atoms with Crippen molar-refractivity contribution in [3.63, 3.8) is 0 Å². The number of piperazine rings is 1. The van der Waals surface area contributed by atoms with E-state index in [1.54, 1.807) is 16.7 Å². The van der Waals surface area contributed by atoms with Crippen LogP contribution in [-0.4, -0.2) is 88.0 Å². The van der Waals surface area contributed by atoms with Gasteiger partial charge in [0.25, 0.3) is 5.24 Å². The molecular weight excluding hydrogens is 294 g/mol. The van der Waals surface area contributed by atoms with Crippen LogP contribution in [0.4, 0.5) is 4.79 Å². The molecule has 2 rings (SSSR count). The molecule has 8 heteroatoms. The van der Waals surface area contributed by atoms with Crippen molar-refractivity contribution in [1.29, 1.82) is 0 Å². The zero-order valence-electron chi connectivity index (χ0n) is 12.2. The van der Waals surface area contributed by atoms with Crippen LogP contribution in [0.25, 0.3) is 0 Å². The molecule has 0 aromatic rings. The Balaban J connectivity index is 1.73. The molecule has 0 bridgehead atoms. The molecule has 0 saturated carbocycles. The number of carboxylic acids is 1. The fourth-order valence-corrected chi connectivity index (χ4v) is 3.38. The highest BCUT2D eigenvalue weighted by atomic mass is 32.2. The Morgan fingerprint density at radius 1 is 1.24 bits per heavy atom. The minimum atomic E-state index is -0.833. The maximum absolute atomic E-state index is 12.1. The van der Waals surface area contributed by atoms with Gasteiger partial charge in [-0.25, -0.2) is 0 Å². The van der Waals surface area contributed by atoms with E-state index in [9.17, 15) is 14.4 Å². The predicted molar refractivity (Wildman–Crippen MR) is 79.3 cm³/mol. The smallest absolute Gasteiger partial charge is 0.320 e. The Labute approximate surface area is 128 Å². The van der Waals surface area contributed by atoms with Gasteiger partial charge in [0, 0.05) is 51.4 Å². The Hall–Kier alpha value is -1.28. The number of hydrogen-bond acceptors (Lipinski definition) is 5. The van der Waals surface area contributed by atoms with E-state index in [2.05, 4.69) is 0 Å². The summed E-state index contributed by atoms with van der Waals surface area (Å²) in [6.07, 6.45) is 0.348. The van der Waals surface area contributed by atoms with Crippen LogP contribution in [0.2, 0.25) is 0 Å². The van der Waals surface area contributed by atoms with Gasteiger partial charge in [-0.1, -0.05) is 11.8 Å². The van der Waals surface area contributed by atoms with Crippen molar-refractivity contribution >= 4 is 28.9 Å². The molecule has 0 aromatic carbocycles. The van der Waals surface area contributed by atoms with Crippen LogP contribution in [0.5, 0.6) is 0 Å². The third kappa shape index (κ3) is 4.10. The van der Waals surface area contributed by atoms with Crippen LogP contribution in [0.1, 0.15) is 13.3 Å². The van der Waals surface area contributed by atoms with Crippen LogP contribution in [0.3, 0.4) is 0 Å². The molecule has 1 atom stereocenters. The molecule has 2 fully saturated rings. The van der Waals surface area contributed by atoms with Gasteiger partial charge in [0.05, 0.1) is 0 Å². The summed E-state index contributed by atoms with van der Waals surface area (Å²) in [4.78, 5) is 39.8. The van der Waals surface area contributed by atoms with Gasteiger partial charge in [-0.05, 0) is 6.92 Å². The monoisotopic (exact) mass is 315 g/mol. The molecule has 2 aliphatic heterocycles. The summed E-state index contributed by atoms with van der Waals surface area (Å²) in [5.41, 5.74) is 0. The number of carboxylic acid groups (broad SMARTS) is 1. The Morgan fingerprint density at radius 2 is 1.90 bits per heavy atom. The van der Waals surface area contributed by atoms with E-state index in [1.165, 1.54) is 11.8 Å².